The SMILES string of the molecule is O=C(Cl)CC(B(P)I)C(=O)Cl. The Morgan fingerprint density at radius 2 is 2.00 bits per heavy atom. The van der Waals surface area contributed by atoms with Crippen LogP contribution < -0.4 is 0 Å². The van der Waals surface area contributed by atoms with E-state index in [0.717, 1.165) is 0 Å². The minimum Gasteiger partial charge on any atom is -0.282 e. The van der Waals surface area contributed by atoms with E-state index in [2.05, 4.69) is 9.12 Å². The molecule has 0 rings (SSSR count). The van der Waals surface area contributed by atoms with Gasteiger partial charge in [-0.25, -0.2) is 0 Å². The van der Waals surface area contributed by atoms with Gasteiger partial charge in [-0.15, -0.1) is 22.4 Å². The van der Waals surface area contributed by atoms with Gasteiger partial charge in [0, 0.05) is 12.2 Å². The maximum Gasteiger partial charge on any atom is 0.252 e. The van der Waals surface area contributed by atoms with E-state index in [0.29, 0.717) is 0 Å². The molecule has 0 aliphatic carbocycles. The van der Waals surface area contributed by atoms with Crippen molar-refractivity contribution in [3.05, 3.63) is 0 Å². The smallest absolute Gasteiger partial charge is 0.252 e. The van der Waals surface area contributed by atoms with Crippen molar-refractivity contribution in [2.75, 3.05) is 0 Å². The van der Waals surface area contributed by atoms with Gasteiger partial charge < -0.3 is 0 Å². The van der Waals surface area contributed by atoms with Gasteiger partial charge in [0.1, 0.15) is 0 Å². The number of rotatable bonds is 4. The molecular weight excluding hydrogens is 320 g/mol. The standard InChI is InChI=1S/C4H5BCl2IO2P/c6-3(9)1-2(4(7)10)5(8)11/h2H,1,11H2. The highest BCUT2D eigenvalue weighted by molar-refractivity contribution is 14.1. The van der Waals surface area contributed by atoms with Crippen LogP contribution in [0.4, 0.5) is 0 Å². The summed E-state index contributed by atoms with van der Waals surface area (Å²) >= 11 is 12.3. The molecule has 0 aromatic heterocycles. The highest BCUT2D eigenvalue weighted by atomic mass is 127. The maximum atomic E-state index is 10.7. The summed E-state index contributed by atoms with van der Waals surface area (Å²) in [4.78, 5) is 21.1. The Balaban J connectivity index is 4.12. The first-order valence-electron chi connectivity index (χ1n) is 2.72. The molecule has 0 aromatic carbocycles. The van der Waals surface area contributed by atoms with Crippen LogP contribution in [0.2, 0.25) is 5.82 Å². The van der Waals surface area contributed by atoms with Gasteiger partial charge in [0.05, 0.1) is 0 Å². The second-order valence-electron chi connectivity index (χ2n) is 1.91. The minimum absolute atomic E-state index is 0.000988. The zero-order valence-corrected chi connectivity index (χ0v) is 10.2. The summed E-state index contributed by atoms with van der Waals surface area (Å²) in [5.41, 5.74) is 0. The van der Waals surface area contributed by atoms with Gasteiger partial charge in [0.15, 0.2) is 0 Å². The van der Waals surface area contributed by atoms with E-state index in [1.807, 2.05) is 22.4 Å². The Hall–Kier alpha value is 1.14. The fourth-order valence-corrected chi connectivity index (χ4v) is 2.10. The van der Waals surface area contributed by atoms with Gasteiger partial charge >= 0.3 is 0 Å². The zero-order valence-electron chi connectivity index (χ0n) is 5.39. The molecule has 2 nitrogen and oxygen atoms in total. The number of carbonyl (C=O) groups is 2. The quantitative estimate of drug-likeness (QED) is 0.343. The second kappa shape index (κ2) is 5.73. The van der Waals surface area contributed by atoms with Crippen LogP contribution in [0.3, 0.4) is 0 Å². The first-order chi connectivity index (χ1) is 4.95. The van der Waals surface area contributed by atoms with Crippen molar-refractivity contribution in [3.8, 4) is 0 Å². The maximum absolute atomic E-state index is 10.7. The predicted octanol–water partition coefficient (Wildman–Crippen LogP) is 2.08. The van der Waals surface area contributed by atoms with E-state index in [4.69, 9.17) is 23.2 Å². The highest BCUT2D eigenvalue weighted by Crippen LogP contribution is 2.28. The molecule has 0 aliphatic heterocycles. The van der Waals surface area contributed by atoms with E-state index in [9.17, 15) is 9.59 Å². The van der Waals surface area contributed by atoms with Gasteiger partial charge in [-0.2, -0.15) is 9.12 Å². The van der Waals surface area contributed by atoms with E-state index in [1.165, 1.54) is 0 Å². The average Bonchev–Trinajstić information content (AvgIpc) is 1.81. The molecule has 0 N–H and O–H groups in total. The zero-order chi connectivity index (χ0) is 9.02. The summed E-state index contributed by atoms with van der Waals surface area (Å²) in [7, 11) is 2.40. The van der Waals surface area contributed by atoms with E-state index >= 15 is 0 Å². The Labute approximate surface area is 90.9 Å². The summed E-state index contributed by atoms with van der Waals surface area (Å²) in [5, 5.41) is -1.05. The second-order valence-corrected chi connectivity index (χ2v) is 6.22. The summed E-state index contributed by atoms with van der Waals surface area (Å²) in [5.74, 6) is -0.493. The van der Waals surface area contributed by atoms with Crippen LogP contribution in [0.15, 0.2) is 0 Å². The normalized spacial score (nSPS) is 12.4. The summed E-state index contributed by atoms with van der Waals surface area (Å²) in [6.07, 6.45) is 0.000988. The van der Waals surface area contributed by atoms with Crippen LogP contribution in [0, 0.1) is 0 Å². The van der Waals surface area contributed by atoms with Crippen LogP contribution in [0.1, 0.15) is 6.42 Å². The largest absolute Gasteiger partial charge is 0.282 e. The molecule has 0 spiro atoms. The Morgan fingerprint density at radius 3 is 2.09 bits per heavy atom. The van der Waals surface area contributed by atoms with Crippen molar-refractivity contribution in [2.45, 2.75) is 12.2 Å². The summed E-state index contributed by atoms with van der Waals surface area (Å²) < 4.78 is -0.0553. The number of hydrogen-bond donors (Lipinski definition) is 0. The lowest BCUT2D eigenvalue weighted by Gasteiger charge is -2.08. The van der Waals surface area contributed by atoms with Gasteiger partial charge in [0.2, 0.25) is 10.5 Å². The van der Waals surface area contributed by atoms with E-state index < -0.39 is 16.3 Å². The monoisotopic (exact) mass is 324 g/mol. The van der Waals surface area contributed by atoms with Crippen molar-refractivity contribution in [3.63, 3.8) is 0 Å². The predicted molar refractivity (Wildman–Crippen MR) is 59.6 cm³/mol. The average molecular weight is 325 g/mol. The fraction of sp³-hybridized carbons (Fsp3) is 0.500. The molecule has 0 saturated carbocycles. The minimum atomic E-state index is -0.534. The van der Waals surface area contributed by atoms with Crippen molar-refractivity contribution >= 4 is 69.5 Å². The molecule has 2 atom stereocenters. The first-order valence-corrected chi connectivity index (χ1v) is 5.39. The third-order valence-electron chi connectivity index (χ3n) is 1.06. The van der Waals surface area contributed by atoms with Crippen molar-refractivity contribution < 1.29 is 9.59 Å². The van der Waals surface area contributed by atoms with Gasteiger partial charge in [-0.1, -0.05) is 0 Å². The number of hydrogen-bond acceptors (Lipinski definition) is 2. The van der Waals surface area contributed by atoms with Crippen LogP contribution in [-0.2, 0) is 9.59 Å². The molecular formula is C4H5BCl2IO2P. The van der Waals surface area contributed by atoms with Crippen molar-refractivity contribution in [2.24, 2.45) is 0 Å². The van der Waals surface area contributed by atoms with Gasteiger partial charge in [0.25, 0.3) is 4.29 Å². The molecule has 0 aliphatic rings. The third-order valence-corrected chi connectivity index (χ3v) is 2.82. The van der Waals surface area contributed by atoms with E-state index in [1.54, 1.807) is 0 Å². The lowest BCUT2D eigenvalue weighted by molar-refractivity contribution is -0.116. The van der Waals surface area contributed by atoms with Crippen LogP contribution >= 0.6 is 54.7 Å². The van der Waals surface area contributed by atoms with Crippen LogP contribution in [0.5, 0.6) is 0 Å². The van der Waals surface area contributed by atoms with E-state index in [-0.39, 0.29) is 10.7 Å². The third kappa shape index (κ3) is 5.39. The molecule has 0 radical (unpaired) electrons. The molecule has 7 heteroatoms. The Kier molecular flexibility index (Phi) is 6.33. The molecule has 0 fully saturated rings. The fourth-order valence-electron chi connectivity index (χ4n) is 0.491. The number of carbonyl (C=O) groups excluding carboxylic acids is 2. The molecule has 62 valence electrons. The highest BCUT2D eigenvalue weighted by Gasteiger charge is 2.26. The van der Waals surface area contributed by atoms with Crippen LogP contribution in [0.25, 0.3) is 0 Å². The Morgan fingerprint density at radius 1 is 1.55 bits per heavy atom. The lowest BCUT2D eigenvalue weighted by atomic mass is 9.84. The molecule has 0 aromatic rings. The summed E-state index contributed by atoms with van der Waals surface area (Å²) in [6.45, 7) is 0. The summed E-state index contributed by atoms with van der Waals surface area (Å²) in [6, 6.07) is 0. The molecule has 2 unspecified atom stereocenters. The van der Waals surface area contributed by atoms with Crippen LogP contribution in [-0.4, -0.2) is 14.8 Å². The lowest BCUT2D eigenvalue weighted by Crippen LogP contribution is -2.15. The van der Waals surface area contributed by atoms with Gasteiger partial charge in [-0.3, -0.25) is 9.59 Å². The van der Waals surface area contributed by atoms with Crippen molar-refractivity contribution in [1.29, 1.82) is 0 Å². The first kappa shape index (κ1) is 12.1. The van der Waals surface area contributed by atoms with Crippen molar-refractivity contribution in [1.82, 2.24) is 0 Å². The molecule has 0 saturated heterocycles. The Bertz CT molecular complexity index is 177. The molecule has 0 amide bonds. The molecule has 11 heavy (non-hydrogen) atoms. The topological polar surface area (TPSA) is 34.1 Å². The molecule has 0 heterocycles. The molecule has 0 bridgehead atoms. The van der Waals surface area contributed by atoms with Gasteiger partial charge in [-0.05, 0) is 23.2 Å². The number of halogens is 3.